The molecular formula is C20H24ClNO2S. The van der Waals surface area contributed by atoms with Gasteiger partial charge in [-0.25, -0.2) is 8.42 Å². The maximum absolute atomic E-state index is 13.1. The summed E-state index contributed by atoms with van der Waals surface area (Å²) in [5.74, 6) is 0.547. The van der Waals surface area contributed by atoms with Gasteiger partial charge in [-0.3, -0.25) is 0 Å². The molecule has 1 saturated heterocycles. The van der Waals surface area contributed by atoms with Gasteiger partial charge in [0, 0.05) is 11.6 Å². The van der Waals surface area contributed by atoms with Crippen LogP contribution in [0.3, 0.4) is 0 Å². The summed E-state index contributed by atoms with van der Waals surface area (Å²) in [6.07, 6.45) is 2.60. The standard InChI is InChI=1S/C20H24ClNO2S/c1-15(2)14-16-9-11-17(12-10-16)25(23,24)22-13-5-8-20(22)18-6-3-4-7-19(18)21/h3-4,6-7,9-12,15,20H,5,8,13-14H2,1-2H3/t20-/m0/s1. The van der Waals surface area contributed by atoms with Crippen molar-refractivity contribution in [2.75, 3.05) is 6.54 Å². The van der Waals surface area contributed by atoms with Crippen molar-refractivity contribution in [3.05, 3.63) is 64.7 Å². The van der Waals surface area contributed by atoms with Gasteiger partial charge >= 0.3 is 0 Å². The third-order valence-corrected chi connectivity index (χ3v) is 6.91. The number of rotatable bonds is 5. The molecule has 0 aliphatic carbocycles. The molecule has 134 valence electrons. The van der Waals surface area contributed by atoms with E-state index in [9.17, 15) is 8.42 Å². The monoisotopic (exact) mass is 377 g/mol. The van der Waals surface area contributed by atoms with E-state index in [0.717, 1.165) is 30.4 Å². The average Bonchev–Trinajstić information content (AvgIpc) is 3.05. The van der Waals surface area contributed by atoms with Crippen molar-refractivity contribution in [3.63, 3.8) is 0 Å². The second-order valence-electron chi connectivity index (χ2n) is 7.04. The fraction of sp³-hybridized carbons (Fsp3) is 0.400. The third-order valence-electron chi connectivity index (χ3n) is 4.64. The van der Waals surface area contributed by atoms with Crippen molar-refractivity contribution in [2.24, 2.45) is 5.92 Å². The Morgan fingerprint density at radius 2 is 1.80 bits per heavy atom. The summed E-state index contributed by atoms with van der Waals surface area (Å²) in [5, 5.41) is 0.627. The smallest absolute Gasteiger partial charge is 0.207 e. The fourth-order valence-electron chi connectivity index (χ4n) is 3.49. The minimum atomic E-state index is -3.52. The van der Waals surface area contributed by atoms with Crippen molar-refractivity contribution in [1.82, 2.24) is 4.31 Å². The van der Waals surface area contributed by atoms with Gasteiger partial charge < -0.3 is 0 Å². The predicted molar refractivity (Wildman–Crippen MR) is 102 cm³/mol. The van der Waals surface area contributed by atoms with Crippen LogP contribution in [-0.4, -0.2) is 19.3 Å². The topological polar surface area (TPSA) is 37.4 Å². The third kappa shape index (κ3) is 3.91. The Hall–Kier alpha value is -1.36. The highest BCUT2D eigenvalue weighted by Gasteiger charge is 2.36. The van der Waals surface area contributed by atoms with Crippen LogP contribution in [-0.2, 0) is 16.4 Å². The first-order valence-electron chi connectivity index (χ1n) is 8.75. The lowest BCUT2D eigenvalue weighted by Gasteiger charge is -2.25. The van der Waals surface area contributed by atoms with Gasteiger partial charge in [0.2, 0.25) is 10.0 Å². The van der Waals surface area contributed by atoms with Crippen molar-refractivity contribution in [3.8, 4) is 0 Å². The molecule has 3 nitrogen and oxygen atoms in total. The van der Waals surface area contributed by atoms with E-state index < -0.39 is 10.0 Å². The maximum Gasteiger partial charge on any atom is 0.243 e. The van der Waals surface area contributed by atoms with Crippen LogP contribution in [0.25, 0.3) is 0 Å². The van der Waals surface area contributed by atoms with Crippen molar-refractivity contribution in [2.45, 2.75) is 44.0 Å². The van der Waals surface area contributed by atoms with Crippen LogP contribution in [0.4, 0.5) is 0 Å². The van der Waals surface area contributed by atoms with E-state index in [2.05, 4.69) is 13.8 Å². The number of hydrogen-bond acceptors (Lipinski definition) is 2. The molecule has 0 N–H and O–H groups in total. The first kappa shape index (κ1) is 18.4. The van der Waals surface area contributed by atoms with Gasteiger partial charge in [-0.1, -0.05) is 55.8 Å². The van der Waals surface area contributed by atoms with E-state index in [-0.39, 0.29) is 6.04 Å². The van der Waals surface area contributed by atoms with Crippen molar-refractivity contribution < 1.29 is 8.42 Å². The summed E-state index contributed by atoms with van der Waals surface area (Å²) in [6, 6.07) is 14.6. The normalized spacial score (nSPS) is 18.8. The van der Waals surface area contributed by atoms with Crippen LogP contribution in [0, 0.1) is 5.92 Å². The second kappa shape index (κ2) is 7.48. The molecule has 0 spiro atoms. The number of sulfonamides is 1. The molecule has 2 aromatic carbocycles. The quantitative estimate of drug-likeness (QED) is 0.729. The summed E-state index contributed by atoms with van der Waals surface area (Å²) in [5.41, 5.74) is 2.06. The summed E-state index contributed by atoms with van der Waals surface area (Å²) < 4.78 is 27.9. The highest BCUT2D eigenvalue weighted by molar-refractivity contribution is 7.89. The molecule has 1 fully saturated rings. The summed E-state index contributed by atoms with van der Waals surface area (Å²) >= 11 is 6.31. The van der Waals surface area contributed by atoms with Gasteiger partial charge in [0.15, 0.2) is 0 Å². The fourth-order valence-corrected chi connectivity index (χ4v) is 5.42. The molecule has 0 amide bonds. The van der Waals surface area contributed by atoms with Gasteiger partial charge in [-0.2, -0.15) is 4.31 Å². The molecule has 5 heteroatoms. The maximum atomic E-state index is 13.1. The Morgan fingerprint density at radius 3 is 2.44 bits per heavy atom. The van der Waals surface area contributed by atoms with Gasteiger partial charge in [0.25, 0.3) is 0 Å². The summed E-state index contributed by atoms with van der Waals surface area (Å²) in [7, 11) is -3.52. The average molecular weight is 378 g/mol. The Balaban J connectivity index is 1.89. The Kier molecular flexibility index (Phi) is 5.52. The molecule has 0 unspecified atom stereocenters. The van der Waals surface area contributed by atoms with E-state index in [1.165, 1.54) is 0 Å². The van der Waals surface area contributed by atoms with Crippen molar-refractivity contribution in [1.29, 1.82) is 0 Å². The lowest BCUT2D eigenvalue weighted by Crippen LogP contribution is -2.30. The molecule has 0 bridgehead atoms. The minimum absolute atomic E-state index is 0.186. The SMILES string of the molecule is CC(C)Cc1ccc(S(=O)(=O)N2CCC[C@H]2c2ccccc2Cl)cc1. The number of halogens is 1. The molecule has 1 aliphatic heterocycles. The lowest BCUT2D eigenvalue weighted by molar-refractivity contribution is 0.397. The number of nitrogens with zero attached hydrogens (tertiary/aromatic N) is 1. The van der Waals surface area contributed by atoms with Gasteiger partial charge in [-0.15, -0.1) is 0 Å². The predicted octanol–water partition coefficient (Wildman–Crippen LogP) is 5.06. The van der Waals surface area contributed by atoms with Gasteiger partial charge in [-0.05, 0) is 54.5 Å². The van der Waals surface area contributed by atoms with E-state index in [0.29, 0.717) is 22.4 Å². The Bertz CT molecular complexity index is 831. The number of hydrogen-bond donors (Lipinski definition) is 0. The van der Waals surface area contributed by atoms with Crippen LogP contribution in [0.2, 0.25) is 5.02 Å². The van der Waals surface area contributed by atoms with Crippen LogP contribution in [0.1, 0.15) is 43.9 Å². The number of benzene rings is 2. The Morgan fingerprint density at radius 1 is 1.12 bits per heavy atom. The zero-order valence-corrected chi connectivity index (χ0v) is 16.2. The van der Waals surface area contributed by atoms with Crippen molar-refractivity contribution >= 4 is 21.6 Å². The molecule has 1 atom stereocenters. The van der Waals surface area contributed by atoms with Crippen LogP contribution >= 0.6 is 11.6 Å². The van der Waals surface area contributed by atoms with E-state index >= 15 is 0 Å². The second-order valence-corrected chi connectivity index (χ2v) is 9.33. The van der Waals surface area contributed by atoms with Crippen LogP contribution < -0.4 is 0 Å². The molecule has 0 aromatic heterocycles. The van der Waals surface area contributed by atoms with Crippen LogP contribution in [0.5, 0.6) is 0 Å². The van der Waals surface area contributed by atoms with E-state index in [1.54, 1.807) is 16.4 Å². The Labute approximate surface area is 155 Å². The summed E-state index contributed by atoms with van der Waals surface area (Å²) in [6.45, 7) is 4.85. The molecule has 25 heavy (non-hydrogen) atoms. The van der Waals surface area contributed by atoms with Crippen LogP contribution in [0.15, 0.2) is 53.4 Å². The van der Waals surface area contributed by atoms with Gasteiger partial charge in [0.1, 0.15) is 0 Å². The molecular weight excluding hydrogens is 354 g/mol. The molecule has 1 aliphatic rings. The molecule has 3 rings (SSSR count). The highest BCUT2D eigenvalue weighted by Crippen LogP contribution is 2.39. The lowest BCUT2D eigenvalue weighted by atomic mass is 10.0. The van der Waals surface area contributed by atoms with E-state index in [4.69, 9.17) is 11.6 Å². The largest absolute Gasteiger partial charge is 0.243 e. The molecule has 1 heterocycles. The van der Waals surface area contributed by atoms with E-state index in [1.807, 2.05) is 36.4 Å². The highest BCUT2D eigenvalue weighted by atomic mass is 35.5. The molecule has 0 saturated carbocycles. The zero-order chi connectivity index (χ0) is 18.0. The first-order valence-corrected chi connectivity index (χ1v) is 10.6. The summed E-state index contributed by atoms with van der Waals surface area (Å²) in [4.78, 5) is 0.360. The zero-order valence-electron chi connectivity index (χ0n) is 14.7. The van der Waals surface area contributed by atoms with Gasteiger partial charge in [0.05, 0.1) is 10.9 Å². The molecule has 0 radical (unpaired) electrons. The minimum Gasteiger partial charge on any atom is -0.207 e. The first-order chi connectivity index (χ1) is 11.9. The molecule has 2 aromatic rings.